The predicted octanol–water partition coefficient (Wildman–Crippen LogP) is 1.88. The van der Waals surface area contributed by atoms with Crippen molar-refractivity contribution in [2.24, 2.45) is 5.10 Å². The summed E-state index contributed by atoms with van der Waals surface area (Å²) in [6.07, 6.45) is 1.40. The summed E-state index contributed by atoms with van der Waals surface area (Å²) < 4.78 is 10.3. The van der Waals surface area contributed by atoms with Crippen LogP contribution in [0.2, 0.25) is 0 Å². The zero-order valence-electron chi connectivity index (χ0n) is 12.6. The number of benzene rings is 2. The lowest BCUT2D eigenvalue weighted by Crippen LogP contribution is -2.17. The number of phenolic OH excluding ortho intramolecular Hbond substituents is 2. The molecule has 0 aromatic heterocycles. The Morgan fingerprint density at radius 1 is 1.13 bits per heavy atom. The summed E-state index contributed by atoms with van der Waals surface area (Å²) in [7, 11) is 3.06. The number of phenols is 2. The lowest BCUT2D eigenvalue weighted by Gasteiger charge is -2.07. The van der Waals surface area contributed by atoms with Crippen LogP contribution in [0.25, 0.3) is 0 Å². The number of methoxy groups -OCH3 is 2. The standard InChI is InChI=1S/C16H16N2O5/c1-22-12-4-6-15(23-2)10(7-12)9-17-18-16(21)13-5-3-11(19)8-14(13)20/h3-9,19-20H,1-2H3,(H,18,21)/b17-9-. The van der Waals surface area contributed by atoms with E-state index in [4.69, 9.17) is 9.47 Å². The third-order valence-electron chi connectivity index (χ3n) is 3.03. The number of amides is 1. The fraction of sp³-hybridized carbons (Fsp3) is 0.125. The minimum Gasteiger partial charge on any atom is -0.508 e. The van der Waals surface area contributed by atoms with E-state index in [2.05, 4.69) is 10.5 Å². The largest absolute Gasteiger partial charge is 0.508 e. The second kappa shape index (κ2) is 7.17. The van der Waals surface area contributed by atoms with E-state index in [1.165, 1.54) is 32.6 Å². The number of hydrogen-bond acceptors (Lipinski definition) is 6. The van der Waals surface area contributed by atoms with Crippen molar-refractivity contribution in [3.8, 4) is 23.0 Å². The fourth-order valence-electron chi connectivity index (χ4n) is 1.87. The molecule has 0 spiro atoms. The zero-order chi connectivity index (χ0) is 16.8. The second-order valence-corrected chi connectivity index (χ2v) is 4.51. The summed E-state index contributed by atoms with van der Waals surface area (Å²) in [6, 6.07) is 8.82. The monoisotopic (exact) mass is 316 g/mol. The van der Waals surface area contributed by atoms with Gasteiger partial charge in [-0.3, -0.25) is 4.79 Å². The number of nitrogens with one attached hydrogen (secondary N) is 1. The van der Waals surface area contributed by atoms with Crippen molar-refractivity contribution >= 4 is 12.1 Å². The van der Waals surface area contributed by atoms with Crippen molar-refractivity contribution in [3.63, 3.8) is 0 Å². The first kappa shape index (κ1) is 16.2. The van der Waals surface area contributed by atoms with Crippen molar-refractivity contribution in [2.75, 3.05) is 14.2 Å². The normalized spacial score (nSPS) is 10.5. The van der Waals surface area contributed by atoms with E-state index in [0.717, 1.165) is 6.07 Å². The van der Waals surface area contributed by atoms with Crippen LogP contribution < -0.4 is 14.9 Å². The first-order valence-corrected chi connectivity index (χ1v) is 6.62. The molecular formula is C16H16N2O5. The highest BCUT2D eigenvalue weighted by Crippen LogP contribution is 2.23. The minimum absolute atomic E-state index is 0.00226. The molecule has 2 rings (SSSR count). The molecule has 23 heavy (non-hydrogen) atoms. The van der Waals surface area contributed by atoms with Gasteiger partial charge in [-0.1, -0.05) is 0 Å². The van der Waals surface area contributed by atoms with Crippen LogP contribution in [0, 0.1) is 0 Å². The van der Waals surface area contributed by atoms with Gasteiger partial charge in [0, 0.05) is 11.6 Å². The second-order valence-electron chi connectivity index (χ2n) is 4.51. The van der Waals surface area contributed by atoms with E-state index in [1.54, 1.807) is 18.2 Å². The maximum Gasteiger partial charge on any atom is 0.275 e. The van der Waals surface area contributed by atoms with Crippen LogP contribution in [0.4, 0.5) is 0 Å². The van der Waals surface area contributed by atoms with Crippen LogP contribution in [0.3, 0.4) is 0 Å². The van der Waals surface area contributed by atoms with Crippen LogP contribution in [-0.2, 0) is 0 Å². The Bertz CT molecular complexity index is 743. The van der Waals surface area contributed by atoms with Gasteiger partial charge in [0.1, 0.15) is 23.0 Å². The van der Waals surface area contributed by atoms with Gasteiger partial charge < -0.3 is 19.7 Å². The van der Waals surface area contributed by atoms with Gasteiger partial charge in [-0.25, -0.2) is 5.43 Å². The molecule has 0 saturated carbocycles. The van der Waals surface area contributed by atoms with Crippen molar-refractivity contribution in [1.82, 2.24) is 5.43 Å². The first-order chi connectivity index (χ1) is 11.0. The SMILES string of the molecule is COc1ccc(OC)c(/C=N\NC(=O)c2ccc(O)cc2O)c1. The molecule has 2 aromatic rings. The molecule has 3 N–H and O–H groups in total. The molecular weight excluding hydrogens is 300 g/mol. The number of hydrogen-bond donors (Lipinski definition) is 3. The van der Waals surface area contributed by atoms with E-state index in [0.29, 0.717) is 17.1 Å². The highest BCUT2D eigenvalue weighted by atomic mass is 16.5. The zero-order valence-corrected chi connectivity index (χ0v) is 12.6. The van der Waals surface area contributed by atoms with Crippen molar-refractivity contribution < 1.29 is 24.5 Å². The maximum absolute atomic E-state index is 11.9. The number of aromatic hydroxyl groups is 2. The Morgan fingerprint density at radius 3 is 2.57 bits per heavy atom. The quantitative estimate of drug-likeness (QED) is 0.577. The third kappa shape index (κ3) is 3.91. The molecule has 0 heterocycles. The van der Waals surface area contributed by atoms with Crippen LogP contribution in [0.5, 0.6) is 23.0 Å². The van der Waals surface area contributed by atoms with Crippen molar-refractivity contribution in [3.05, 3.63) is 47.5 Å². The molecule has 0 unspecified atom stereocenters. The third-order valence-corrected chi connectivity index (χ3v) is 3.03. The summed E-state index contributed by atoms with van der Waals surface area (Å²) in [4.78, 5) is 11.9. The van der Waals surface area contributed by atoms with Gasteiger partial charge in [0.05, 0.1) is 26.0 Å². The Kier molecular flexibility index (Phi) is 5.03. The Balaban J connectivity index is 2.13. The lowest BCUT2D eigenvalue weighted by atomic mass is 10.2. The van der Waals surface area contributed by atoms with E-state index in [-0.39, 0.29) is 17.1 Å². The molecule has 0 fully saturated rings. The minimum atomic E-state index is -0.611. The molecule has 7 heteroatoms. The molecule has 0 atom stereocenters. The molecule has 0 radical (unpaired) electrons. The Hall–Kier alpha value is -3.22. The van der Waals surface area contributed by atoms with Gasteiger partial charge in [0.2, 0.25) is 0 Å². The maximum atomic E-state index is 11.9. The van der Waals surface area contributed by atoms with Crippen LogP contribution in [0.15, 0.2) is 41.5 Å². The van der Waals surface area contributed by atoms with Crippen LogP contribution >= 0.6 is 0 Å². The summed E-state index contributed by atoms with van der Waals surface area (Å²) in [5.41, 5.74) is 2.90. The molecule has 1 amide bonds. The first-order valence-electron chi connectivity index (χ1n) is 6.62. The smallest absolute Gasteiger partial charge is 0.275 e. The molecule has 0 bridgehead atoms. The molecule has 0 saturated heterocycles. The van der Waals surface area contributed by atoms with E-state index in [9.17, 15) is 15.0 Å². The van der Waals surface area contributed by atoms with Crippen LogP contribution in [0.1, 0.15) is 15.9 Å². The molecule has 0 aliphatic heterocycles. The number of nitrogens with zero attached hydrogens (tertiary/aromatic N) is 1. The summed E-state index contributed by atoms with van der Waals surface area (Å²) in [6.45, 7) is 0. The number of hydrazone groups is 1. The van der Waals surface area contributed by atoms with Crippen molar-refractivity contribution in [1.29, 1.82) is 0 Å². The number of carbonyl (C=O) groups excluding carboxylic acids is 1. The predicted molar refractivity (Wildman–Crippen MR) is 84.4 cm³/mol. The molecule has 2 aromatic carbocycles. The average Bonchev–Trinajstić information content (AvgIpc) is 2.54. The Labute approximate surface area is 132 Å². The Morgan fingerprint density at radius 2 is 1.91 bits per heavy atom. The van der Waals surface area contributed by atoms with Crippen LogP contribution in [-0.4, -0.2) is 36.6 Å². The van der Waals surface area contributed by atoms with E-state index >= 15 is 0 Å². The molecule has 7 nitrogen and oxygen atoms in total. The molecule has 0 aliphatic carbocycles. The van der Waals surface area contributed by atoms with Gasteiger partial charge in [-0.15, -0.1) is 0 Å². The van der Waals surface area contributed by atoms with E-state index in [1.807, 2.05) is 0 Å². The van der Waals surface area contributed by atoms with E-state index < -0.39 is 5.91 Å². The number of carbonyl (C=O) groups is 1. The van der Waals surface area contributed by atoms with Gasteiger partial charge in [0.15, 0.2) is 0 Å². The summed E-state index contributed by atoms with van der Waals surface area (Å²) >= 11 is 0. The molecule has 120 valence electrons. The number of rotatable bonds is 5. The van der Waals surface area contributed by atoms with Gasteiger partial charge >= 0.3 is 0 Å². The fourth-order valence-corrected chi connectivity index (χ4v) is 1.87. The highest BCUT2D eigenvalue weighted by molar-refractivity contribution is 5.97. The highest BCUT2D eigenvalue weighted by Gasteiger charge is 2.10. The average molecular weight is 316 g/mol. The topological polar surface area (TPSA) is 100 Å². The lowest BCUT2D eigenvalue weighted by molar-refractivity contribution is 0.0952. The molecule has 0 aliphatic rings. The summed E-state index contributed by atoms with van der Waals surface area (Å²) in [5.74, 6) is 0.104. The number of ether oxygens (including phenoxy) is 2. The van der Waals surface area contributed by atoms with Gasteiger partial charge in [-0.05, 0) is 30.3 Å². The van der Waals surface area contributed by atoms with Crippen molar-refractivity contribution in [2.45, 2.75) is 0 Å². The van der Waals surface area contributed by atoms with Gasteiger partial charge in [-0.2, -0.15) is 5.10 Å². The van der Waals surface area contributed by atoms with Gasteiger partial charge in [0.25, 0.3) is 5.91 Å². The summed E-state index contributed by atoms with van der Waals surface area (Å²) in [5, 5.41) is 22.7.